The molecule has 4 rings (SSSR count). The summed E-state index contributed by atoms with van der Waals surface area (Å²) < 4.78 is 0. The zero-order valence-corrected chi connectivity index (χ0v) is 23.1. The van der Waals surface area contributed by atoms with Crippen LogP contribution in [0, 0.1) is 5.41 Å². The highest BCUT2D eigenvalue weighted by atomic mass is 16.2. The third-order valence-corrected chi connectivity index (χ3v) is 6.68. The van der Waals surface area contributed by atoms with Crippen LogP contribution in [0.2, 0.25) is 0 Å². The minimum absolute atomic E-state index is 0.103. The molecule has 1 aliphatic rings. The number of anilines is 3. The molecule has 0 spiro atoms. The number of nitrogens with zero attached hydrogens (tertiary/aromatic N) is 3. The van der Waals surface area contributed by atoms with Gasteiger partial charge in [0.1, 0.15) is 0 Å². The molecule has 0 radical (unpaired) electrons. The summed E-state index contributed by atoms with van der Waals surface area (Å²) in [7, 11) is 1.97. The normalized spacial score (nSPS) is 15.1. The summed E-state index contributed by atoms with van der Waals surface area (Å²) in [5, 5.41) is 5.56. The highest BCUT2D eigenvalue weighted by Crippen LogP contribution is 2.29. The molecule has 2 N–H and O–H groups in total. The standard InChI is InChI=1S/C31H35N5O3/c1-6-35(5)23-16-12-15-22(19-23)32-30(39)34-28-29(38)36(20-26(37)31(2,3)4)25-18-11-10-17-24(25)27(33-28)21-13-8-7-9-14-21/h7-19,28H,6,20H2,1-5H3,(H2,32,34,39)/t28-/m0/s1. The van der Waals surface area contributed by atoms with Crippen molar-refractivity contribution in [2.24, 2.45) is 10.4 Å². The van der Waals surface area contributed by atoms with E-state index in [0.717, 1.165) is 17.8 Å². The van der Waals surface area contributed by atoms with Gasteiger partial charge in [0.25, 0.3) is 5.91 Å². The molecule has 0 aliphatic carbocycles. The molecule has 0 unspecified atom stereocenters. The van der Waals surface area contributed by atoms with Crippen LogP contribution < -0.4 is 20.4 Å². The second-order valence-corrected chi connectivity index (χ2v) is 10.5. The number of amides is 3. The zero-order valence-electron chi connectivity index (χ0n) is 23.1. The molecular formula is C31H35N5O3. The monoisotopic (exact) mass is 525 g/mol. The van der Waals surface area contributed by atoms with Crippen molar-refractivity contribution in [3.63, 3.8) is 0 Å². The average Bonchev–Trinajstić information content (AvgIpc) is 3.03. The summed E-state index contributed by atoms with van der Waals surface area (Å²) in [6.45, 7) is 8.18. The maximum absolute atomic E-state index is 13.9. The summed E-state index contributed by atoms with van der Waals surface area (Å²) in [5.74, 6) is -0.588. The number of rotatable bonds is 7. The predicted octanol–water partition coefficient (Wildman–Crippen LogP) is 5.09. The number of urea groups is 1. The van der Waals surface area contributed by atoms with E-state index < -0.39 is 23.5 Å². The highest BCUT2D eigenvalue weighted by Gasteiger charge is 2.36. The Morgan fingerprint density at radius 1 is 0.974 bits per heavy atom. The summed E-state index contributed by atoms with van der Waals surface area (Å²) in [5.41, 5.74) is 3.52. The van der Waals surface area contributed by atoms with E-state index in [1.165, 1.54) is 4.90 Å². The van der Waals surface area contributed by atoms with E-state index in [2.05, 4.69) is 15.5 Å². The molecule has 0 bridgehead atoms. The Labute approximate surface area is 229 Å². The first-order valence-electron chi connectivity index (χ1n) is 13.0. The zero-order chi connectivity index (χ0) is 28.2. The molecule has 8 heteroatoms. The van der Waals surface area contributed by atoms with Gasteiger partial charge in [-0.3, -0.25) is 9.59 Å². The van der Waals surface area contributed by atoms with Crippen LogP contribution in [0.3, 0.4) is 0 Å². The molecule has 39 heavy (non-hydrogen) atoms. The number of carbonyl (C=O) groups excluding carboxylic acids is 3. The molecule has 0 saturated heterocycles. The molecule has 1 atom stereocenters. The predicted molar refractivity (Wildman–Crippen MR) is 157 cm³/mol. The lowest BCUT2D eigenvalue weighted by Gasteiger charge is -2.28. The smallest absolute Gasteiger partial charge is 0.321 e. The Kier molecular flexibility index (Phi) is 8.14. The van der Waals surface area contributed by atoms with Crippen LogP contribution in [0.25, 0.3) is 0 Å². The van der Waals surface area contributed by atoms with Crippen molar-refractivity contribution in [1.82, 2.24) is 5.32 Å². The van der Waals surface area contributed by atoms with Crippen molar-refractivity contribution in [2.75, 3.05) is 35.3 Å². The van der Waals surface area contributed by atoms with Crippen molar-refractivity contribution in [1.29, 1.82) is 0 Å². The van der Waals surface area contributed by atoms with Gasteiger partial charge in [-0.1, -0.05) is 75.4 Å². The first-order valence-corrected chi connectivity index (χ1v) is 13.0. The molecule has 202 valence electrons. The number of hydrogen-bond acceptors (Lipinski definition) is 5. The second kappa shape index (κ2) is 11.5. The minimum Gasteiger partial charge on any atom is -0.375 e. The summed E-state index contributed by atoms with van der Waals surface area (Å²) in [6, 6.07) is 23.8. The Balaban J connectivity index is 1.71. The van der Waals surface area contributed by atoms with Gasteiger partial charge >= 0.3 is 6.03 Å². The minimum atomic E-state index is -1.25. The van der Waals surface area contributed by atoms with Crippen LogP contribution in [0.5, 0.6) is 0 Å². The van der Waals surface area contributed by atoms with Gasteiger partial charge in [0, 0.05) is 41.5 Å². The summed E-state index contributed by atoms with van der Waals surface area (Å²) in [6.07, 6.45) is -1.25. The fourth-order valence-corrected chi connectivity index (χ4v) is 4.19. The number of Topliss-reactive ketones (excluding diaryl/α,β-unsaturated/α-hetero) is 1. The SMILES string of the molecule is CCN(C)c1cccc(NC(=O)N[C@@H]2N=C(c3ccccc3)c3ccccc3N(CC(=O)C(C)(C)C)C2=O)c1. The van der Waals surface area contributed by atoms with Gasteiger partial charge in [-0.15, -0.1) is 0 Å². The number of ketones is 1. The number of carbonyl (C=O) groups is 3. The third-order valence-electron chi connectivity index (χ3n) is 6.68. The quantitative estimate of drug-likeness (QED) is 0.449. The van der Waals surface area contributed by atoms with Gasteiger partial charge in [-0.2, -0.15) is 0 Å². The summed E-state index contributed by atoms with van der Waals surface area (Å²) >= 11 is 0. The molecular weight excluding hydrogens is 490 g/mol. The van der Waals surface area contributed by atoms with Crippen LogP contribution in [0.1, 0.15) is 38.8 Å². The molecule has 0 saturated carbocycles. The van der Waals surface area contributed by atoms with Crippen LogP contribution in [-0.2, 0) is 9.59 Å². The topological polar surface area (TPSA) is 94.1 Å². The van der Waals surface area contributed by atoms with Crippen LogP contribution >= 0.6 is 0 Å². The average molecular weight is 526 g/mol. The van der Waals surface area contributed by atoms with Crippen LogP contribution in [-0.4, -0.2) is 49.7 Å². The van der Waals surface area contributed by atoms with E-state index in [1.54, 1.807) is 12.1 Å². The Hall–Kier alpha value is -4.46. The van der Waals surface area contributed by atoms with Gasteiger partial charge in [0.15, 0.2) is 5.78 Å². The number of aliphatic imine (C=N–C) groups is 1. The lowest BCUT2D eigenvalue weighted by atomic mass is 9.90. The fraction of sp³-hybridized carbons (Fsp3) is 0.290. The lowest BCUT2D eigenvalue weighted by Crippen LogP contribution is -2.50. The van der Waals surface area contributed by atoms with Crippen molar-refractivity contribution >= 4 is 40.5 Å². The molecule has 0 fully saturated rings. The van der Waals surface area contributed by atoms with E-state index in [4.69, 9.17) is 4.99 Å². The van der Waals surface area contributed by atoms with Crippen LogP contribution in [0.4, 0.5) is 21.9 Å². The molecule has 1 aliphatic heterocycles. The molecule has 8 nitrogen and oxygen atoms in total. The fourth-order valence-electron chi connectivity index (χ4n) is 4.19. The van der Waals surface area contributed by atoms with Gasteiger partial charge in [0.05, 0.1) is 17.9 Å². The lowest BCUT2D eigenvalue weighted by molar-refractivity contribution is -0.127. The number of benzodiazepines with no additional fused rings is 1. The molecule has 3 aromatic carbocycles. The van der Waals surface area contributed by atoms with Gasteiger partial charge in [0.2, 0.25) is 6.17 Å². The Morgan fingerprint density at radius 2 is 1.67 bits per heavy atom. The van der Waals surface area contributed by atoms with E-state index in [1.807, 2.05) is 101 Å². The maximum Gasteiger partial charge on any atom is 0.321 e. The summed E-state index contributed by atoms with van der Waals surface area (Å²) in [4.78, 5) is 48.4. The third kappa shape index (κ3) is 6.34. The van der Waals surface area contributed by atoms with E-state index >= 15 is 0 Å². The maximum atomic E-state index is 13.9. The van der Waals surface area contributed by atoms with Crippen molar-refractivity contribution < 1.29 is 14.4 Å². The molecule has 3 aromatic rings. The van der Waals surface area contributed by atoms with Crippen molar-refractivity contribution in [3.8, 4) is 0 Å². The number of hydrogen-bond donors (Lipinski definition) is 2. The second-order valence-electron chi connectivity index (χ2n) is 10.5. The van der Waals surface area contributed by atoms with E-state index in [-0.39, 0.29) is 12.3 Å². The molecule has 1 heterocycles. The number of fused-ring (bicyclic) bond motifs is 1. The van der Waals surface area contributed by atoms with E-state index in [9.17, 15) is 14.4 Å². The van der Waals surface area contributed by atoms with Crippen LogP contribution in [0.15, 0.2) is 83.9 Å². The number of para-hydroxylation sites is 1. The van der Waals surface area contributed by atoms with Gasteiger partial charge < -0.3 is 20.4 Å². The Morgan fingerprint density at radius 3 is 2.36 bits per heavy atom. The Bertz CT molecular complexity index is 1390. The molecule has 0 aromatic heterocycles. The first-order chi connectivity index (χ1) is 18.6. The van der Waals surface area contributed by atoms with Gasteiger partial charge in [-0.25, -0.2) is 9.79 Å². The number of nitrogens with one attached hydrogen (secondary N) is 2. The first kappa shape index (κ1) is 27.6. The molecule has 3 amide bonds. The highest BCUT2D eigenvalue weighted by molar-refractivity contribution is 6.21. The van der Waals surface area contributed by atoms with Gasteiger partial charge in [-0.05, 0) is 31.2 Å². The largest absolute Gasteiger partial charge is 0.375 e. The van der Waals surface area contributed by atoms with Crippen molar-refractivity contribution in [2.45, 2.75) is 33.9 Å². The van der Waals surface area contributed by atoms with Crippen molar-refractivity contribution in [3.05, 3.63) is 90.0 Å². The van der Waals surface area contributed by atoms with E-state index in [0.29, 0.717) is 22.6 Å². The number of benzene rings is 3.